The van der Waals surface area contributed by atoms with Gasteiger partial charge in [-0.2, -0.15) is 0 Å². The quantitative estimate of drug-likeness (QED) is 0.863. The SMILES string of the molecule is CC1CCC2(CC1)CSC(=NCCC(=O)N(C)C)N2. The summed E-state index contributed by atoms with van der Waals surface area (Å²) < 4.78 is 0. The van der Waals surface area contributed by atoms with Crippen molar-refractivity contribution in [1.29, 1.82) is 0 Å². The summed E-state index contributed by atoms with van der Waals surface area (Å²) >= 11 is 1.82. The average molecular weight is 283 g/mol. The van der Waals surface area contributed by atoms with Gasteiger partial charge in [-0.3, -0.25) is 9.79 Å². The summed E-state index contributed by atoms with van der Waals surface area (Å²) in [6.07, 6.45) is 5.66. The first-order valence-electron chi connectivity index (χ1n) is 7.16. The second-order valence-corrected chi connectivity index (χ2v) is 7.07. The van der Waals surface area contributed by atoms with Crippen LogP contribution >= 0.6 is 11.8 Å². The Bertz CT molecular complexity index is 360. The molecule has 5 heteroatoms. The third-order valence-electron chi connectivity index (χ3n) is 4.17. The number of aliphatic imine (C=N–C) groups is 1. The van der Waals surface area contributed by atoms with E-state index in [1.54, 1.807) is 19.0 Å². The van der Waals surface area contributed by atoms with Gasteiger partial charge in [-0.1, -0.05) is 18.7 Å². The molecule has 0 atom stereocenters. The van der Waals surface area contributed by atoms with Crippen molar-refractivity contribution in [2.75, 3.05) is 26.4 Å². The second kappa shape index (κ2) is 6.16. The molecular weight excluding hydrogens is 258 g/mol. The van der Waals surface area contributed by atoms with Gasteiger partial charge in [-0.05, 0) is 31.6 Å². The fraction of sp³-hybridized carbons (Fsp3) is 0.857. The molecule has 0 aromatic heterocycles. The summed E-state index contributed by atoms with van der Waals surface area (Å²) in [6.45, 7) is 2.94. The molecule has 2 aliphatic rings. The van der Waals surface area contributed by atoms with Gasteiger partial charge >= 0.3 is 0 Å². The molecule has 1 saturated carbocycles. The molecule has 1 aliphatic heterocycles. The summed E-state index contributed by atoms with van der Waals surface area (Å²) in [5.74, 6) is 2.16. The minimum absolute atomic E-state index is 0.147. The highest BCUT2D eigenvalue weighted by Crippen LogP contribution is 2.38. The number of rotatable bonds is 3. The van der Waals surface area contributed by atoms with Crippen LogP contribution < -0.4 is 5.32 Å². The zero-order chi connectivity index (χ0) is 13.9. The zero-order valence-corrected chi connectivity index (χ0v) is 13.1. The number of amides is 1. The first-order chi connectivity index (χ1) is 9.01. The van der Waals surface area contributed by atoms with E-state index in [4.69, 9.17) is 0 Å². The molecule has 108 valence electrons. The first kappa shape index (κ1) is 14.7. The van der Waals surface area contributed by atoms with Gasteiger partial charge in [0.15, 0.2) is 5.17 Å². The van der Waals surface area contributed by atoms with Crippen LogP contribution in [0.25, 0.3) is 0 Å². The van der Waals surface area contributed by atoms with Gasteiger partial charge < -0.3 is 10.2 Å². The van der Waals surface area contributed by atoms with Gasteiger partial charge in [0.1, 0.15) is 0 Å². The van der Waals surface area contributed by atoms with Gasteiger partial charge in [-0.15, -0.1) is 0 Å². The van der Waals surface area contributed by atoms with Crippen LogP contribution in [0.1, 0.15) is 39.0 Å². The third kappa shape index (κ3) is 3.88. The Labute approximate surface area is 120 Å². The van der Waals surface area contributed by atoms with Crippen molar-refractivity contribution in [1.82, 2.24) is 10.2 Å². The number of hydrogen-bond donors (Lipinski definition) is 1. The maximum atomic E-state index is 11.5. The fourth-order valence-corrected chi connectivity index (χ4v) is 3.90. The number of hydrogen-bond acceptors (Lipinski definition) is 3. The third-order valence-corrected chi connectivity index (χ3v) is 5.37. The monoisotopic (exact) mass is 283 g/mol. The largest absolute Gasteiger partial charge is 0.359 e. The molecule has 0 radical (unpaired) electrons. The molecule has 0 aromatic carbocycles. The minimum atomic E-state index is 0.147. The van der Waals surface area contributed by atoms with E-state index in [-0.39, 0.29) is 5.91 Å². The van der Waals surface area contributed by atoms with Crippen LogP contribution in [0, 0.1) is 5.92 Å². The predicted molar refractivity (Wildman–Crippen MR) is 81.6 cm³/mol. The maximum Gasteiger partial charge on any atom is 0.223 e. The van der Waals surface area contributed by atoms with Crippen LogP contribution in [0.3, 0.4) is 0 Å². The topological polar surface area (TPSA) is 44.7 Å². The molecule has 19 heavy (non-hydrogen) atoms. The van der Waals surface area contributed by atoms with E-state index in [0.29, 0.717) is 18.5 Å². The van der Waals surface area contributed by atoms with Crippen molar-refractivity contribution in [2.45, 2.75) is 44.6 Å². The lowest BCUT2D eigenvalue weighted by Crippen LogP contribution is -2.46. The van der Waals surface area contributed by atoms with Crippen molar-refractivity contribution in [3.8, 4) is 0 Å². The van der Waals surface area contributed by atoms with Crippen LogP contribution in [0.2, 0.25) is 0 Å². The Morgan fingerprint density at radius 1 is 1.47 bits per heavy atom. The lowest BCUT2D eigenvalue weighted by atomic mass is 9.78. The van der Waals surface area contributed by atoms with Crippen LogP contribution in [0.15, 0.2) is 4.99 Å². The lowest BCUT2D eigenvalue weighted by molar-refractivity contribution is -0.128. The summed E-state index contributed by atoms with van der Waals surface area (Å²) in [6, 6.07) is 0. The zero-order valence-electron chi connectivity index (χ0n) is 12.2. The Morgan fingerprint density at radius 2 is 2.16 bits per heavy atom. The fourth-order valence-electron chi connectivity index (χ4n) is 2.65. The summed E-state index contributed by atoms with van der Waals surface area (Å²) in [7, 11) is 3.58. The van der Waals surface area contributed by atoms with E-state index in [9.17, 15) is 4.79 Å². The molecule has 0 bridgehead atoms. The van der Waals surface area contributed by atoms with Gasteiger partial charge in [0.2, 0.25) is 5.91 Å². The Balaban J connectivity index is 1.80. The highest BCUT2D eigenvalue weighted by atomic mass is 32.2. The molecular formula is C14H25N3OS. The van der Waals surface area contributed by atoms with Crippen molar-refractivity contribution in [3.63, 3.8) is 0 Å². The number of carbonyl (C=O) groups is 1. The molecule has 1 heterocycles. The molecule has 1 aliphatic carbocycles. The van der Waals surface area contributed by atoms with Crippen molar-refractivity contribution in [2.24, 2.45) is 10.9 Å². The van der Waals surface area contributed by atoms with Crippen LogP contribution in [-0.4, -0.2) is 47.9 Å². The van der Waals surface area contributed by atoms with E-state index in [1.165, 1.54) is 25.7 Å². The van der Waals surface area contributed by atoms with E-state index >= 15 is 0 Å². The highest BCUT2D eigenvalue weighted by Gasteiger charge is 2.39. The van der Waals surface area contributed by atoms with Gasteiger partial charge in [0.25, 0.3) is 0 Å². The second-order valence-electron chi connectivity index (χ2n) is 6.10. The van der Waals surface area contributed by atoms with E-state index in [2.05, 4.69) is 17.2 Å². The summed E-state index contributed by atoms with van der Waals surface area (Å²) in [4.78, 5) is 17.6. The summed E-state index contributed by atoms with van der Waals surface area (Å²) in [5, 5.41) is 4.66. The average Bonchev–Trinajstić information content (AvgIpc) is 2.77. The van der Waals surface area contributed by atoms with E-state index in [0.717, 1.165) is 16.8 Å². The van der Waals surface area contributed by atoms with Gasteiger partial charge in [-0.25, -0.2) is 0 Å². The molecule has 1 amide bonds. The van der Waals surface area contributed by atoms with Crippen LogP contribution in [-0.2, 0) is 4.79 Å². The first-order valence-corrected chi connectivity index (χ1v) is 8.15. The molecule has 2 fully saturated rings. The Kier molecular flexibility index (Phi) is 4.76. The van der Waals surface area contributed by atoms with Crippen LogP contribution in [0.5, 0.6) is 0 Å². The smallest absolute Gasteiger partial charge is 0.223 e. The van der Waals surface area contributed by atoms with Gasteiger partial charge in [0.05, 0.1) is 6.54 Å². The van der Waals surface area contributed by atoms with Crippen LogP contribution in [0.4, 0.5) is 0 Å². The predicted octanol–water partition coefficient (Wildman–Crippen LogP) is 2.11. The summed E-state index contributed by atoms with van der Waals surface area (Å²) in [5.41, 5.74) is 0.293. The molecule has 1 spiro atoms. The van der Waals surface area contributed by atoms with Crippen molar-refractivity contribution >= 4 is 22.8 Å². The lowest BCUT2D eigenvalue weighted by Gasteiger charge is -2.35. The van der Waals surface area contributed by atoms with Crippen molar-refractivity contribution < 1.29 is 4.79 Å². The minimum Gasteiger partial charge on any atom is -0.359 e. The van der Waals surface area contributed by atoms with E-state index < -0.39 is 0 Å². The number of thioether (sulfide) groups is 1. The van der Waals surface area contributed by atoms with Crippen molar-refractivity contribution in [3.05, 3.63) is 0 Å². The normalized spacial score (nSPS) is 32.6. The molecule has 0 aromatic rings. The number of amidine groups is 1. The molecule has 1 N–H and O–H groups in total. The van der Waals surface area contributed by atoms with E-state index in [1.807, 2.05) is 11.8 Å². The molecule has 1 saturated heterocycles. The maximum absolute atomic E-state index is 11.5. The Morgan fingerprint density at radius 3 is 2.79 bits per heavy atom. The number of carbonyl (C=O) groups excluding carboxylic acids is 1. The molecule has 0 unspecified atom stereocenters. The molecule has 4 nitrogen and oxygen atoms in total. The number of nitrogens with one attached hydrogen (secondary N) is 1. The molecule has 2 rings (SSSR count). The van der Waals surface area contributed by atoms with Gasteiger partial charge in [0, 0.05) is 31.8 Å². The Hall–Kier alpha value is -0.710. The highest BCUT2D eigenvalue weighted by molar-refractivity contribution is 8.14. The number of nitrogens with zero attached hydrogens (tertiary/aromatic N) is 2. The standard InChI is InChI=1S/C14H25N3OS/c1-11-4-7-14(8-5-11)10-19-13(16-14)15-9-6-12(18)17(2)3/h11H,4-10H2,1-3H3,(H,15,16).